The van der Waals surface area contributed by atoms with Crippen molar-refractivity contribution in [2.45, 2.75) is 43.9 Å². The van der Waals surface area contributed by atoms with E-state index in [-0.39, 0.29) is 0 Å². The number of benzene rings is 2. The first-order valence-corrected chi connectivity index (χ1v) is 7.81. The van der Waals surface area contributed by atoms with Gasteiger partial charge in [-0.1, -0.05) is 60.7 Å². The summed E-state index contributed by atoms with van der Waals surface area (Å²) in [6, 6.07) is 21.1. The molecule has 0 aromatic heterocycles. The van der Waals surface area contributed by atoms with Crippen molar-refractivity contribution in [1.29, 1.82) is 0 Å². The number of hydrogen-bond donors (Lipinski definition) is 2. The molecule has 0 unspecified atom stereocenters. The van der Waals surface area contributed by atoms with E-state index in [1.54, 1.807) is 0 Å². The van der Waals surface area contributed by atoms with Crippen molar-refractivity contribution >= 4 is 0 Å². The van der Waals surface area contributed by atoms with Gasteiger partial charge in [-0.05, 0) is 36.8 Å². The minimum absolute atomic E-state index is 0.509. The quantitative estimate of drug-likeness (QED) is 0.897. The van der Waals surface area contributed by atoms with Crippen LogP contribution in [0, 0.1) is 0 Å². The molecule has 0 aliphatic heterocycles. The van der Waals surface area contributed by atoms with Crippen molar-refractivity contribution in [3.05, 3.63) is 71.8 Å². The van der Waals surface area contributed by atoms with Crippen LogP contribution in [0.4, 0.5) is 0 Å². The molecular formula is C19H23NO. The molecule has 2 aromatic rings. The summed E-state index contributed by atoms with van der Waals surface area (Å²) in [6.07, 6.45) is 3.73. The molecule has 1 aliphatic rings. The van der Waals surface area contributed by atoms with Gasteiger partial charge in [-0.2, -0.15) is 0 Å². The molecule has 0 radical (unpaired) electrons. The maximum atomic E-state index is 10.8. The normalized spacial score (nSPS) is 25.7. The molecule has 110 valence electrons. The Kier molecular flexibility index (Phi) is 4.37. The molecule has 2 nitrogen and oxygen atoms in total. The van der Waals surface area contributed by atoms with Gasteiger partial charge in [0.1, 0.15) is 0 Å². The molecule has 0 bridgehead atoms. The van der Waals surface area contributed by atoms with Crippen molar-refractivity contribution < 1.29 is 5.11 Å². The summed E-state index contributed by atoms with van der Waals surface area (Å²) < 4.78 is 0. The fourth-order valence-corrected chi connectivity index (χ4v) is 3.19. The number of nitrogens with one attached hydrogen (secondary N) is 1. The SMILES string of the molecule is O[C@]1(c2ccccc2)CC[C@@H](NCc2ccccc2)CC1. The van der Waals surface area contributed by atoms with E-state index >= 15 is 0 Å². The minimum atomic E-state index is -0.633. The Labute approximate surface area is 126 Å². The molecule has 2 heteroatoms. The van der Waals surface area contributed by atoms with Gasteiger partial charge in [-0.15, -0.1) is 0 Å². The summed E-state index contributed by atoms with van der Waals surface area (Å²) in [5.41, 5.74) is 1.75. The fourth-order valence-electron chi connectivity index (χ4n) is 3.19. The van der Waals surface area contributed by atoms with Crippen LogP contribution in [0.15, 0.2) is 60.7 Å². The second kappa shape index (κ2) is 6.42. The van der Waals surface area contributed by atoms with Gasteiger partial charge >= 0.3 is 0 Å². The molecular weight excluding hydrogens is 258 g/mol. The Morgan fingerprint density at radius 3 is 2.10 bits per heavy atom. The molecule has 21 heavy (non-hydrogen) atoms. The van der Waals surface area contributed by atoms with Gasteiger partial charge in [0.25, 0.3) is 0 Å². The Bertz CT molecular complexity index is 544. The highest BCUT2D eigenvalue weighted by Crippen LogP contribution is 2.36. The Morgan fingerprint density at radius 2 is 1.48 bits per heavy atom. The first-order valence-electron chi connectivity index (χ1n) is 7.81. The highest BCUT2D eigenvalue weighted by atomic mass is 16.3. The zero-order chi connectivity index (χ0) is 14.5. The van der Waals surface area contributed by atoms with Crippen LogP contribution in [0.25, 0.3) is 0 Å². The zero-order valence-electron chi connectivity index (χ0n) is 12.3. The van der Waals surface area contributed by atoms with Crippen LogP contribution < -0.4 is 5.32 Å². The fraction of sp³-hybridized carbons (Fsp3) is 0.368. The molecule has 3 rings (SSSR count). The smallest absolute Gasteiger partial charge is 0.0897 e. The van der Waals surface area contributed by atoms with Crippen molar-refractivity contribution in [2.75, 3.05) is 0 Å². The molecule has 0 amide bonds. The summed E-state index contributed by atoms with van der Waals surface area (Å²) in [4.78, 5) is 0. The third-order valence-corrected chi connectivity index (χ3v) is 4.56. The van der Waals surface area contributed by atoms with E-state index in [4.69, 9.17) is 0 Å². The van der Waals surface area contributed by atoms with Crippen LogP contribution in [0.5, 0.6) is 0 Å². The van der Waals surface area contributed by atoms with Gasteiger partial charge in [0.15, 0.2) is 0 Å². The lowest BCUT2D eigenvalue weighted by atomic mass is 9.78. The lowest BCUT2D eigenvalue weighted by Gasteiger charge is -2.36. The number of hydrogen-bond acceptors (Lipinski definition) is 2. The Morgan fingerprint density at radius 1 is 0.905 bits per heavy atom. The molecule has 0 heterocycles. The molecule has 1 saturated carbocycles. The third kappa shape index (κ3) is 3.52. The van der Waals surface area contributed by atoms with Gasteiger partial charge in [0.05, 0.1) is 5.60 Å². The van der Waals surface area contributed by atoms with E-state index in [9.17, 15) is 5.11 Å². The molecule has 0 spiro atoms. The number of rotatable bonds is 4. The van der Waals surface area contributed by atoms with E-state index in [0.717, 1.165) is 37.8 Å². The molecule has 1 fully saturated rings. The maximum absolute atomic E-state index is 10.8. The summed E-state index contributed by atoms with van der Waals surface area (Å²) >= 11 is 0. The zero-order valence-corrected chi connectivity index (χ0v) is 12.3. The van der Waals surface area contributed by atoms with Crippen LogP contribution in [0.2, 0.25) is 0 Å². The van der Waals surface area contributed by atoms with Gasteiger partial charge in [-0.3, -0.25) is 0 Å². The third-order valence-electron chi connectivity index (χ3n) is 4.56. The highest BCUT2D eigenvalue weighted by molar-refractivity contribution is 5.23. The van der Waals surface area contributed by atoms with Crippen molar-refractivity contribution in [3.63, 3.8) is 0 Å². The molecule has 0 atom stereocenters. The Balaban J connectivity index is 1.53. The first-order chi connectivity index (χ1) is 10.3. The van der Waals surface area contributed by atoms with Crippen LogP contribution >= 0.6 is 0 Å². The van der Waals surface area contributed by atoms with Gasteiger partial charge < -0.3 is 10.4 Å². The average molecular weight is 281 g/mol. The van der Waals surface area contributed by atoms with Crippen molar-refractivity contribution in [3.8, 4) is 0 Å². The summed E-state index contributed by atoms with van der Waals surface area (Å²) in [7, 11) is 0. The summed E-state index contributed by atoms with van der Waals surface area (Å²) in [6.45, 7) is 0.912. The summed E-state index contributed by atoms with van der Waals surface area (Å²) in [5.74, 6) is 0. The van der Waals surface area contributed by atoms with Crippen LogP contribution in [0.3, 0.4) is 0 Å². The van der Waals surface area contributed by atoms with E-state index in [1.807, 2.05) is 36.4 Å². The van der Waals surface area contributed by atoms with Crippen LogP contribution in [-0.2, 0) is 12.1 Å². The van der Waals surface area contributed by atoms with E-state index in [1.165, 1.54) is 5.56 Å². The summed E-state index contributed by atoms with van der Waals surface area (Å²) in [5, 5.41) is 14.4. The lowest BCUT2D eigenvalue weighted by molar-refractivity contribution is -0.00847. The van der Waals surface area contributed by atoms with E-state index in [0.29, 0.717) is 6.04 Å². The second-order valence-corrected chi connectivity index (χ2v) is 6.04. The Hall–Kier alpha value is -1.64. The van der Waals surface area contributed by atoms with Gasteiger partial charge in [0, 0.05) is 12.6 Å². The van der Waals surface area contributed by atoms with Crippen molar-refractivity contribution in [1.82, 2.24) is 5.32 Å². The first kappa shape index (κ1) is 14.3. The van der Waals surface area contributed by atoms with Gasteiger partial charge in [-0.25, -0.2) is 0 Å². The predicted octanol–water partition coefficient (Wildman–Crippen LogP) is 3.61. The van der Waals surface area contributed by atoms with Crippen molar-refractivity contribution in [2.24, 2.45) is 0 Å². The average Bonchev–Trinajstić information content (AvgIpc) is 2.56. The largest absolute Gasteiger partial charge is 0.385 e. The lowest BCUT2D eigenvalue weighted by Crippen LogP contribution is -2.39. The molecule has 0 saturated heterocycles. The second-order valence-electron chi connectivity index (χ2n) is 6.04. The monoisotopic (exact) mass is 281 g/mol. The van der Waals surface area contributed by atoms with Crippen LogP contribution in [0.1, 0.15) is 36.8 Å². The minimum Gasteiger partial charge on any atom is -0.385 e. The highest BCUT2D eigenvalue weighted by Gasteiger charge is 2.34. The molecule has 2 N–H and O–H groups in total. The van der Waals surface area contributed by atoms with Crippen LogP contribution in [-0.4, -0.2) is 11.1 Å². The number of aliphatic hydroxyl groups is 1. The molecule has 2 aromatic carbocycles. The van der Waals surface area contributed by atoms with Gasteiger partial charge in [0.2, 0.25) is 0 Å². The maximum Gasteiger partial charge on any atom is 0.0897 e. The predicted molar refractivity (Wildman–Crippen MR) is 85.9 cm³/mol. The molecule has 1 aliphatic carbocycles. The van der Waals surface area contributed by atoms with E-state index < -0.39 is 5.60 Å². The van der Waals surface area contributed by atoms with E-state index in [2.05, 4.69) is 29.6 Å². The topological polar surface area (TPSA) is 32.3 Å². The standard InChI is InChI=1S/C19H23NO/c21-19(17-9-5-2-6-10-17)13-11-18(12-14-19)20-15-16-7-3-1-4-8-16/h1-10,18,20-21H,11-15H2/t18-,19-.